The fourth-order valence-corrected chi connectivity index (χ4v) is 5.22. The Labute approximate surface area is 145 Å². The summed E-state index contributed by atoms with van der Waals surface area (Å²) >= 11 is 0. The van der Waals surface area contributed by atoms with Gasteiger partial charge in [0, 0.05) is 31.6 Å². The maximum Gasteiger partial charge on any atom is 0.230 e. The van der Waals surface area contributed by atoms with E-state index in [4.69, 9.17) is 0 Å². The molecule has 4 nitrogen and oxygen atoms in total. The van der Waals surface area contributed by atoms with Gasteiger partial charge in [-0.1, -0.05) is 26.2 Å². The average molecular weight is 332 g/mol. The lowest BCUT2D eigenvalue weighted by Crippen LogP contribution is -2.52. The molecule has 0 bridgehead atoms. The number of likely N-dealkylation sites (tertiary alicyclic amines) is 2. The molecular formula is C20H32N2O2. The summed E-state index contributed by atoms with van der Waals surface area (Å²) in [6.45, 7) is 5.45. The molecule has 1 unspecified atom stereocenters. The molecule has 2 saturated heterocycles. The number of carbonyl (C=O) groups is 2. The molecule has 2 heterocycles. The summed E-state index contributed by atoms with van der Waals surface area (Å²) in [6.07, 6.45) is 11.6. The first-order valence-corrected chi connectivity index (χ1v) is 10.1. The Balaban J connectivity index is 1.41. The zero-order valence-corrected chi connectivity index (χ0v) is 15.2. The summed E-state index contributed by atoms with van der Waals surface area (Å²) in [4.78, 5) is 30.1. The van der Waals surface area contributed by atoms with Gasteiger partial charge in [-0.3, -0.25) is 9.59 Å². The van der Waals surface area contributed by atoms with Gasteiger partial charge in [0.2, 0.25) is 11.8 Å². The van der Waals surface area contributed by atoms with Crippen LogP contribution in [-0.2, 0) is 9.59 Å². The molecule has 0 radical (unpaired) electrons. The van der Waals surface area contributed by atoms with Crippen LogP contribution >= 0.6 is 0 Å². The number of hydrogen-bond donors (Lipinski definition) is 0. The second-order valence-corrected chi connectivity index (χ2v) is 9.18. The molecular weight excluding hydrogens is 300 g/mol. The second-order valence-electron chi connectivity index (χ2n) is 9.18. The summed E-state index contributed by atoms with van der Waals surface area (Å²) in [7, 11) is 0. The first-order valence-electron chi connectivity index (χ1n) is 10.1. The Hall–Kier alpha value is -1.06. The zero-order chi connectivity index (χ0) is 16.8. The lowest BCUT2D eigenvalue weighted by molar-refractivity contribution is -0.147. The van der Waals surface area contributed by atoms with Crippen molar-refractivity contribution in [2.24, 2.45) is 16.7 Å². The summed E-state index contributed by atoms with van der Waals surface area (Å²) in [6, 6.07) is 0. The molecule has 1 atom stereocenters. The third kappa shape index (κ3) is 2.86. The van der Waals surface area contributed by atoms with Crippen LogP contribution in [0.5, 0.6) is 0 Å². The zero-order valence-electron chi connectivity index (χ0n) is 15.2. The standard InChI is InChI=1S/C20H32N2O2/c1-19(9-10-19)17(23)22-13-11-20(15-22)8-5-12-21(18(20)24)14-16-6-3-2-4-7-16/h16H,2-15H2,1H3. The maximum atomic E-state index is 13.2. The molecule has 0 aromatic carbocycles. The van der Waals surface area contributed by atoms with Crippen LogP contribution in [-0.4, -0.2) is 47.8 Å². The van der Waals surface area contributed by atoms with Gasteiger partial charge >= 0.3 is 0 Å². The highest BCUT2D eigenvalue weighted by molar-refractivity contribution is 5.88. The van der Waals surface area contributed by atoms with Gasteiger partial charge in [-0.05, 0) is 50.9 Å². The van der Waals surface area contributed by atoms with Crippen LogP contribution in [0.15, 0.2) is 0 Å². The lowest BCUT2D eigenvalue weighted by atomic mass is 9.77. The number of rotatable bonds is 3. The van der Waals surface area contributed by atoms with Gasteiger partial charge in [-0.2, -0.15) is 0 Å². The van der Waals surface area contributed by atoms with Crippen LogP contribution in [0.2, 0.25) is 0 Å². The molecule has 2 saturated carbocycles. The van der Waals surface area contributed by atoms with Crippen LogP contribution in [0.25, 0.3) is 0 Å². The molecule has 0 aromatic rings. The van der Waals surface area contributed by atoms with E-state index in [0.29, 0.717) is 24.3 Å². The Bertz CT molecular complexity index is 522. The first-order chi connectivity index (χ1) is 11.5. The van der Waals surface area contributed by atoms with E-state index in [-0.39, 0.29) is 10.8 Å². The molecule has 24 heavy (non-hydrogen) atoms. The van der Waals surface area contributed by atoms with Crippen molar-refractivity contribution in [2.75, 3.05) is 26.2 Å². The van der Waals surface area contributed by atoms with E-state index in [2.05, 4.69) is 11.8 Å². The van der Waals surface area contributed by atoms with Crippen LogP contribution < -0.4 is 0 Å². The van der Waals surface area contributed by atoms with Crippen molar-refractivity contribution < 1.29 is 9.59 Å². The molecule has 4 heteroatoms. The van der Waals surface area contributed by atoms with E-state index in [9.17, 15) is 9.59 Å². The number of carbonyl (C=O) groups excluding carboxylic acids is 2. The SMILES string of the molecule is CC1(C(=O)N2CCC3(CCCN(CC4CCCCC4)C3=O)C2)CC1. The Kier molecular flexibility index (Phi) is 4.12. The minimum atomic E-state index is -0.256. The minimum absolute atomic E-state index is 0.106. The van der Waals surface area contributed by atoms with Crippen molar-refractivity contribution in [3.63, 3.8) is 0 Å². The predicted molar refractivity (Wildman–Crippen MR) is 93.4 cm³/mol. The van der Waals surface area contributed by atoms with E-state index in [0.717, 1.165) is 51.7 Å². The van der Waals surface area contributed by atoms with Gasteiger partial charge in [0.15, 0.2) is 0 Å². The van der Waals surface area contributed by atoms with Crippen molar-refractivity contribution in [1.29, 1.82) is 0 Å². The Morgan fingerprint density at radius 1 is 1.04 bits per heavy atom. The van der Waals surface area contributed by atoms with E-state index in [1.807, 2.05) is 4.90 Å². The molecule has 4 fully saturated rings. The number of amides is 2. The highest BCUT2D eigenvalue weighted by Crippen LogP contribution is 2.49. The Morgan fingerprint density at radius 2 is 1.79 bits per heavy atom. The summed E-state index contributed by atoms with van der Waals surface area (Å²) in [5, 5.41) is 0. The topological polar surface area (TPSA) is 40.6 Å². The summed E-state index contributed by atoms with van der Waals surface area (Å²) < 4.78 is 0. The van der Waals surface area contributed by atoms with E-state index in [1.54, 1.807) is 0 Å². The van der Waals surface area contributed by atoms with E-state index >= 15 is 0 Å². The highest BCUT2D eigenvalue weighted by Gasteiger charge is 2.54. The van der Waals surface area contributed by atoms with Crippen LogP contribution in [0.3, 0.4) is 0 Å². The van der Waals surface area contributed by atoms with Gasteiger partial charge < -0.3 is 9.80 Å². The molecule has 0 aromatic heterocycles. The van der Waals surface area contributed by atoms with Gasteiger partial charge in [-0.25, -0.2) is 0 Å². The molecule has 4 rings (SSSR count). The Morgan fingerprint density at radius 3 is 2.50 bits per heavy atom. The van der Waals surface area contributed by atoms with Crippen molar-refractivity contribution in [1.82, 2.24) is 9.80 Å². The van der Waals surface area contributed by atoms with Crippen molar-refractivity contribution in [3.8, 4) is 0 Å². The largest absolute Gasteiger partial charge is 0.342 e. The quantitative estimate of drug-likeness (QED) is 0.796. The fraction of sp³-hybridized carbons (Fsp3) is 0.900. The second kappa shape index (κ2) is 6.03. The van der Waals surface area contributed by atoms with E-state index < -0.39 is 0 Å². The molecule has 134 valence electrons. The first kappa shape index (κ1) is 16.4. The molecule has 2 aliphatic heterocycles. The minimum Gasteiger partial charge on any atom is -0.342 e. The summed E-state index contributed by atoms with van der Waals surface area (Å²) in [5.74, 6) is 1.37. The number of piperidine rings is 1. The van der Waals surface area contributed by atoms with Crippen molar-refractivity contribution in [3.05, 3.63) is 0 Å². The van der Waals surface area contributed by atoms with Crippen LogP contribution in [0.1, 0.15) is 71.1 Å². The summed E-state index contributed by atoms with van der Waals surface area (Å²) in [5.41, 5.74) is -0.362. The maximum absolute atomic E-state index is 13.2. The molecule has 1 spiro atoms. The number of nitrogens with zero attached hydrogens (tertiary/aromatic N) is 2. The number of hydrogen-bond acceptors (Lipinski definition) is 2. The van der Waals surface area contributed by atoms with Crippen LogP contribution in [0.4, 0.5) is 0 Å². The molecule has 2 amide bonds. The monoisotopic (exact) mass is 332 g/mol. The normalized spacial score (nSPS) is 33.3. The molecule has 4 aliphatic rings. The van der Waals surface area contributed by atoms with Gasteiger partial charge in [0.05, 0.1) is 5.41 Å². The van der Waals surface area contributed by atoms with Gasteiger partial charge in [-0.15, -0.1) is 0 Å². The third-order valence-electron chi connectivity index (χ3n) is 7.18. The fourth-order valence-electron chi connectivity index (χ4n) is 5.22. The smallest absolute Gasteiger partial charge is 0.230 e. The molecule has 0 N–H and O–H groups in total. The van der Waals surface area contributed by atoms with Crippen LogP contribution in [0, 0.1) is 16.7 Å². The highest BCUT2D eigenvalue weighted by atomic mass is 16.2. The average Bonchev–Trinajstić information content (AvgIpc) is 3.20. The van der Waals surface area contributed by atoms with Gasteiger partial charge in [0.1, 0.15) is 0 Å². The van der Waals surface area contributed by atoms with E-state index in [1.165, 1.54) is 32.1 Å². The predicted octanol–water partition coefficient (Wildman–Crippen LogP) is 3.21. The van der Waals surface area contributed by atoms with Gasteiger partial charge in [0.25, 0.3) is 0 Å². The molecule has 2 aliphatic carbocycles. The third-order valence-corrected chi connectivity index (χ3v) is 7.18. The van der Waals surface area contributed by atoms with Crippen molar-refractivity contribution >= 4 is 11.8 Å². The van der Waals surface area contributed by atoms with Crippen molar-refractivity contribution in [2.45, 2.75) is 71.1 Å². The lowest BCUT2D eigenvalue weighted by Gasteiger charge is -2.41.